The second-order valence-corrected chi connectivity index (χ2v) is 7.25. The van der Waals surface area contributed by atoms with Crippen LogP contribution in [0.25, 0.3) is 0 Å². The molecule has 0 bridgehead atoms. The van der Waals surface area contributed by atoms with Gasteiger partial charge in [0.25, 0.3) is 5.91 Å². The van der Waals surface area contributed by atoms with Crippen LogP contribution in [0.4, 0.5) is 11.6 Å². The van der Waals surface area contributed by atoms with Crippen LogP contribution >= 0.6 is 0 Å². The maximum absolute atomic E-state index is 12.6. The van der Waals surface area contributed by atoms with Gasteiger partial charge in [0.05, 0.1) is 6.20 Å². The Morgan fingerprint density at radius 2 is 1.56 bits per heavy atom. The van der Waals surface area contributed by atoms with E-state index in [2.05, 4.69) is 31.0 Å². The van der Waals surface area contributed by atoms with Crippen molar-refractivity contribution >= 4 is 17.5 Å². The number of piperidine rings is 1. The molecule has 4 heterocycles. The Balaban J connectivity index is 1.44. The fourth-order valence-electron chi connectivity index (χ4n) is 3.80. The van der Waals surface area contributed by atoms with Gasteiger partial charge in [-0.15, -0.1) is 0 Å². The van der Waals surface area contributed by atoms with Crippen molar-refractivity contribution < 1.29 is 9.32 Å². The molecule has 4 rings (SSSR count). The Kier molecular flexibility index (Phi) is 4.96. The molecule has 8 nitrogen and oxygen atoms in total. The normalized spacial score (nSPS) is 18.1. The van der Waals surface area contributed by atoms with Gasteiger partial charge < -0.3 is 19.2 Å². The van der Waals surface area contributed by atoms with Gasteiger partial charge in [0.1, 0.15) is 28.8 Å². The number of piperazine rings is 1. The first-order valence-electron chi connectivity index (χ1n) is 9.68. The lowest BCUT2D eigenvalue weighted by molar-refractivity contribution is 0.0744. The summed E-state index contributed by atoms with van der Waals surface area (Å²) >= 11 is 0. The molecule has 2 aliphatic heterocycles. The van der Waals surface area contributed by atoms with Gasteiger partial charge in [0.2, 0.25) is 0 Å². The molecule has 0 atom stereocenters. The highest BCUT2D eigenvalue weighted by molar-refractivity contribution is 5.94. The quantitative estimate of drug-likeness (QED) is 0.818. The number of aromatic nitrogens is 3. The van der Waals surface area contributed by atoms with Crippen molar-refractivity contribution in [1.82, 2.24) is 20.0 Å². The second kappa shape index (κ2) is 7.54. The summed E-state index contributed by atoms with van der Waals surface area (Å²) in [4.78, 5) is 28.4. The third-order valence-corrected chi connectivity index (χ3v) is 5.36. The molecule has 2 aromatic heterocycles. The SMILES string of the molecule is Cc1nc(N2CCCCC2)cc(N2CCN(C(=O)c3cnoc3C)CC2)n1. The Labute approximate surface area is 159 Å². The number of nitrogens with zero attached hydrogens (tertiary/aromatic N) is 6. The predicted octanol–water partition coefficient (Wildman–Crippen LogP) is 2.03. The summed E-state index contributed by atoms with van der Waals surface area (Å²) in [6.45, 7) is 8.68. The fraction of sp³-hybridized carbons (Fsp3) is 0.579. The Hall–Kier alpha value is -2.64. The number of carbonyl (C=O) groups is 1. The number of carbonyl (C=O) groups excluding carboxylic acids is 1. The van der Waals surface area contributed by atoms with Crippen LogP contribution in [-0.2, 0) is 0 Å². The number of amides is 1. The molecule has 0 unspecified atom stereocenters. The second-order valence-electron chi connectivity index (χ2n) is 7.25. The minimum Gasteiger partial charge on any atom is -0.361 e. The van der Waals surface area contributed by atoms with Crippen LogP contribution in [0, 0.1) is 13.8 Å². The molecule has 2 aliphatic rings. The third kappa shape index (κ3) is 3.74. The lowest BCUT2D eigenvalue weighted by Crippen LogP contribution is -2.49. The van der Waals surface area contributed by atoms with Crippen LogP contribution in [0.5, 0.6) is 0 Å². The van der Waals surface area contributed by atoms with E-state index in [-0.39, 0.29) is 5.91 Å². The lowest BCUT2D eigenvalue weighted by Gasteiger charge is -2.36. The van der Waals surface area contributed by atoms with Crippen LogP contribution < -0.4 is 9.80 Å². The molecule has 2 saturated heterocycles. The predicted molar refractivity (Wildman–Crippen MR) is 102 cm³/mol. The fourth-order valence-corrected chi connectivity index (χ4v) is 3.80. The van der Waals surface area contributed by atoms with Gasteiger partial charge in [-0.05, 0) is 33.1 Å². The molecule has 1 amide bonds. The van der Waals surface area contributed by atoms with E-state index in [9.17, 15) is 4.79 Å². The van der Waals surface area contributed by atoms with Gasteiger partial charge >= 0.3 is 0 Å². The van der Waals surface area contributed by atoms with E-state index in [1.807, 2.05) is 11.8 Å². The first kappa shape index (κ1) is 17.8. The summed E-state index contributed by atoms with van der Waals surface area (Å²) in [5.74, 6) is 3.33. The summed E-state index contributed by atoms with van der Waals surface area (Å²) in [6, 6.07) is 2.10. The minimum absolute atomic E-state index is 0.0127. The molecule has 0 radical (unpaired) electrons. The van der Waals surface area contributed by atoms with Gasteiger partial charge in [0.15, 0.2) is 0 Å². The van der Waals surface area contributed by atoms with Gasteiger partial charge in [-0.3, -0.25) is 4.79 Å². The molecular weight excluding hydrogens is 344 g/mol. The van der Waals surface area contributed by atoms with Crippen molar-refractivity contribution in [3.63, 3.8) is 0 Å². The lowest BCUT2D eigenvalue weighted by atomic mass is 10.1. The largest absolute Gasteiger partial charge is 0.361 e. The van der Waals surface area contributed by atoms with Crippen molar-refractivity contribution in [1.29, 1.82) is 0 Å². The average Bonchev–Trinajstić information content (AvgIpc) is 3.13. The molecule has 0 aromatic carbocycles. The number of rotatable bonds is 3. The maximum Gasteiger partial charge on any atom is 0.259 e. The molecule has 27 heavy (non-hydrogen) atoms. The summed E-state index contributed by atoms with van der Waals surface area (Å²) in [6.07, 6.45) is 5.25. The highest BCUT2D eigenvalue weighted by Crippen LogP contribution is 2.23. The highest BCUT2D eigenvalue weighted by Gasteiger charge is 2.26. The first-order chi connectivity index (χ1) is 13.1. The first-order valence-corrected chi connectivity index (χ1v) is 9.68. The standard InChI is InChI=1S/C19H26N6O2/c1-14-16(13-20-27-14)19(26)25-10-8-24(9-11-25)18-12-17(21-15(2)22-18)23-6-4-3-5-7-23/h12-13H,3-11H2,1-2H3. The maximum atomic E-state index is 12.6. The molecule has 0 N–H and O–H groups in total. The monoisotopic (exact) mass is 370 g/mol. The smallest absolute Gasteiger partial charge is 0.259 e. The Bertz CT molecular complexity index is 806. The molecule has 0 spiro atoms. The summed E-state index contributed by atoms with van der Waals surface area (Å²) in [7, 11) is 0. The third-order valence-electron chi connectivity index (χ3n) is 5.36. The van der Waals surface area contributed by atoms with Crippen molar-refractivity contribution in [2.45, 2.75) is 33.1 Å². The topological polar surface area (TPSA) is 78.6 Å². The number of hydrogen-bond acceptors (Lipinski definition) is 7. The average molecular weight is 370 g/mol. The number of hydrogen-bond donors (Lipinski definition) is 0. The van der Waals surface area contributed by atoms with Crippen LogP contribution in [-0.4, -0.2) is 65.2 Å². The molecule has 8 heteroatoms. The molecule has 2 aromatic rings. The minimum atomic E-state index is -0.0127. The number of anilines is 2. The highest BCUT2D eigenvalue weighted by atomic mass is 16.5. The van der Waals surface area contributed by atoms with E-state index in [0.717, 1.165) is 43.6 Å². The molecular formula is C19H26N6O2. The van der Waals surface area contributed by atoms with Crippen LogP contribution in [0.1, 0.15) is 41.2 Å². The van der Waals surface area contributed by atoms with Crippen molar-refractivity contribution in [3.8, 4) is 0 Å². The summed E-state index contributed by atoms with van der Waals surface area (Å²) in [5.41, 5.74) is 0.550. The number of aryl methyl sites for hydroxylation is 2. The zero-order valence-corrected chi connectivity index (χ0v) is 16.0. The zero-order chi connectivity index (χ0) is 18.8. The summed E-state index contributed by atoms with van der Waals surface area (Å²) in [5, 5.41) is 3.71. The van der Waals surface area contributed by atoms with E-state index in [1.165, 1.54) is 25.5 Å². The van der Waals surface area contributed by atoms with E-state index in [4.69, 9.17) is 4.52 Å². The van der Waals surface area contributed by atoms with Crippen molar-refractivity contribution in [3.05, 3.63) is 29.4 Å². The Morgan fingerprint density at radius 1 is 0.926 bits per heavy atom. The van der Waals surface area contributed by atoms with Gasteiger partial charge in [-0.25, -0.2) is 9.97 Å². The molecule has 2 fully saturated rings. The van der Waals surface area contributed by atoms with E-state index in [1.54, 1.807) is 6.92 Å². The van der Waals surface area contributed by atoms with Gasteiger partial charge in [0, 0.05) is 45.3 Å². The van der Waals surface area contributed by atoms with E-state index < -0.39 is 0 Å². The molecule has 0 saturated carbocycles. The van der Waals surface area contributed by atoms with Gasteiger partial charge in [-0.1, -0.05) is 5.16 Å². The van der Waals surface area contributed by atoms with Crippen LogP contribution in [0.2, 0.25) is 0 Å². The van der Waals surface area contributed by atoms with Crippen molar-refractivity contribution in [2.24, 2.45) is 0 Å². The Morgan fingerprint density at radius 3 is 2.15 bits per heavy atom. The van der Waals surface area contributed by atoms with Crippen LogP contribution in [0.15, 0.2) is 16.8 Å². The van der Waals surface area contributed by atoms with E-state index in [0.29, 0.717) is 24.4 Å². The van der Waals surface area contributed by atoms with E-state index >= 15 is 0 Å². The van der Waals surface area contributed by atoms with Crippen LogP contribution in [0.3, 0.4) is 0 Å². The molecule has 144 valence electrons. The zero-order valence-electron chi connectivity index (χ0n) is 16.0. The molecule has 0 aliphatic carbocycles. The van der Waals surface area contributed by atoms with Crippen molar-refractivity contribution in [2.75, 3.05) is 49.1 Å². The van der Waals surface area contributed by atoms with Gasteiger partial charge in [-0.2, -0.15) is 0 Å². The summed E-state index contributed by atoms with van der Waals surface area (Å²) < 4.78 is 5.02.